The van der Waals surface area contributed by atoms with Gasteiger partial charge in [0.2, 0.25) is 5.91 Å². The summed E-state index contributed by atoms with van der Waals surface area (Å²) in [5.41, 5.74) is 1.90. The molecule has 0 unspecified atom stereocenters. The number of amides is 1. The summed E-state index contributed by atoms with van der Waals surface area (Å²) < 4.78 is 3.99. The molecule has 122 valence electrons. The Hall–Kier alpha value is -2.54. The number of imidazole rings is 2. The molecule has 0 fully saturated rings. The molecule has 0 saturated heterocycles. The van der Waals surface area contributed by atoms with Crippen molar-refractivity contribution in [1.29, 1.82) is 0 Å². The standard InChI is InChI=1S/C17H17N5OS/c23-15(19-10-14-11-22-8-9-24-17(22)20-14)12-21-7-6-18-16(21)13-4-2-1-3-5-13/h1-7,11H,8-10,12H2,(H,19,23). The third-order valence-electron chi connectivity index (χ3n) is 3.88. The molecule has 1 aliphatic rings. The van der Waals surface area contributed by atoms with Gasteiger partial charge in [0.1, 0.15) is 12.4 Å². The molecule has 0 atom stereocenters. The normalized spacial score (nSPS) is 13.0. The lowest BCUT2D eigenvalue weighted by molar-refractivity contribution is -0.121. The summed E-state index contributed by atoms with van der Waals surface area (Å²) in [5, 5.41) is 3.97. The van der Waals surface area contributed by atoms with E-state index in [4.69, 9.17) is 0 Å². The Morgan fingerprint density at radius 3 is 3.00 bits per heavy atom. The number of aryl methyl sites for hydroxylation is 1. The molecule has 24 heavy (non-hydrogen) atoms. The van der Waals surface area contributed by atoms with Gasteiger partial charge in [0, 0.05) is 36.5 Å². The van der Waals surface area contributed by atoms with Crippen molar-refractivity contribution in [3.63, 3.8) is 0 Å². The van der Waals surface area contributed by atoms with Gasteiger partial charge < -0.3 is 14.5 Å². The molecule has 6 nitrogen and oxygen atoms in total. The van der Waals surface area contributed by atoms with Gasteiger partial charge in [-0.2, -0.15) is 0 Å². The zero-order chi connectivity index (χ0) is 16.4. The first kappa shape index (κ1) is 15.0. The topological polar surface area (TPSA) is 64.7 Å². The quantitative estimate of drug-likeness (QED) is 0.774. The molecule has 1 aliphatic heterocycles. The fourth-order valence-corrected chi connectivity index (χ4v) is 3.69. The van der Waals surface area contributed by atoms with Crippen LogP contribution in [0.15, 0.2) is 54.1 Å². The Labute approximate surface area is 143 Å². The van der Waals surface area contributed by atoms with Crippen molar-refractivity contribution in [2.75, 3.05) is 5.75 Å². The summed E-state index contributed by atoms with van der Waals surface area (Å²) in [5.74, 6) is 1.83. The minimum absolute atomic E-state index is 0.0500. The van der Waals surface area contributed by atoms with E-state index in [1.54, 1.807) is 18.0 Å². The highest BCUT2D eigenvalue weighted by Crippen LogP contribution is 2.24. The lowest BCUT2D eigenvalue weighted by atomic mass is 10.2. The van der Waals surface area contributed by atoms with Gasteiger partial charge in [-0.25, -0.2) is 9.97 Å². The first-order valence-corrected chi connectivity index (χ1v) is 8.80. The zero-order valence-corrected chi connectivity index (χ0v) is 13.9. The molecular formula is C17H17N5OS. The fraction of sp³-hybridized carbons (Fsp3) is 0.235. The molecule has 0 spiro atoms. The van der Waals surface area contributed by atoms with Gasteiger partial charge in [-0.15, -0.1) is 0 Å². The maximum atomic E-state index is 12.2. The van der Waals surface area contributed by atoms with Crippen molar-refractivity contribution in [3.05, 3.63) is 54.6 Å². The first-order chi connectivity index (χ1) is 11.8. The van der Waals surface area contributed by atoms with Crippen LogP contribution in [0, 0.1) is 0 Å². The second kappa shape index (κ2) is 6.52. The van der Waals surface area contributed by atoms with Crippen LogP contribution in [0.2, 0.25) is 0 Å². The van der Waals surface area contributed by atoms with Crippen molar-refractivity contribution in [2.45, 2.75) is 24.8 Å². The van der Waals surface area contributed by atoms with Crippen LogP contribution in [0.3, 0.4) is 0 Å². The largest absolute Gasteiger partial charge is 0.349 e. The van der Waals surface area contributed by atoms with Gasteiger partial charge in [-0.05, 0) is 0 Å². The third kappa shape index (κ3) is 3.07. The van der Waals surface area contributed by atoms with E-state index >= 15 is 0 Å². The summed E-state index contributed by atoms with van der Waals surface area (Å²) in [7, 11) is 0. The number of carbonyl (C=O) groups is 1. The maximum absolute atomic E-state index is 12.2. The number of thioether (sulfide) groups is 1. The molecule has 0 bridgehead atoms. The van der Waals surface area contributed by atoms with Gasteiger partial charge >= 0.3 is 0 Å². The molecule has 0 aliphatic carbocycles. The molecule has 1 N–H and O–H groups in total. The summed E-state index contributed by atoms with van der Waals surface area (Å²) in [6, 6.07) is 9.86. The number of rotatable bonds is 5. The predicted molar refractivity (Wildman–Crippen MR) is 92.5 cm³/mol. The van der Waals surface area contributed by atoms with E-state index < -0.39 is 0 Å². The number of carbonyl (C=O) groups excluding carboxylic acids is 1. The molecule has 4 rings (SSSR count). The summed E-state index contributed by atoms with van der Waals surface area (Å²) in [6.07, 6.45) is 5.55. The van der Waals surface area contributed by atoms with E-state index in [1.165, 1.54) is 0 Å². The maximum Gasteiger partial charge on any atom is 0.240 e. The lowest BCUT2D eigenvalue weighted by Gasteiger charge is -2.08. The summed E-state index contributed by atoms with van der Waals surface area (Å²) >= 11 is 1.75. The molecule has 7 heteroatoms. The van der Waals surface area contributed by atoms with E-state index in [-0.39, 0.29) is 12.5 Å². The highest BCUT2D eigenvalue weighted by Gasteiger charge is 2.15. The molecule has 1 amide bonds. The van der Waals surface area contributed by atoms with Crippen molar-refractivity contribution >= 4 is 17.7 Å². The molecule has 1 aromatic carbocycles. The van der Waals surface area contributed by atoms with Crippen LogP contribution in [0.5, 0.6) is 0 Å². The second-order valence-electron chi connectivity index (χ2n) is 5.58. The first-order valence-electron chi connectivity index (χ1n) is 7.82. The predicted octanol–water partition coefficient (Wildman–Crippen LogP) is 2.17. The number of hydrogen-bond donors (Lipinski definition) is 1. The van der Waals surface area contributed by atoms with Crippen LogP contribution in [-0.2, 0) is 24.4 Å². The van der Waals surface area contributed by atoms with E-state index in [2.05, 4.69) is 19.9 Å². The molecule has 3 aromatic rings. The molecule has 2 aromatic heterocycles. The zero-order valence-electron chi connectivity index (χ0n) is 13.1. The Balaban J connectivity index is 1.39. The number of fused-ring (bicyclic) bond motifs is 1. The Morgan fingerprint density at radius 1 is 1.29 bits per heavy atom. The number of nitrogens with one attached hydrogen (secondary N) is 1. The number of nitrogens with zero attached hydrogens (tertiary/aromatic N) is 4. The molecule has 3 heterocycles. The Bertz CT molecular complexity index is 834. The van der Waals surface area contributed by atoms with Crippen molar-refractivity contribution in [2.24, 2.45) is 0 Å². The summed E-state index contributed by atoms with van der Waals surface area (Å²) in [6.45, 7) is 1.69. The minimum atomic E-state index is -0.0500. The van der Waals surface area contributed by atoms with Crippen LogP contribution in [0.4, 0.5) is 0 Å². The second-order valence-corrected chi connectivity index (χ2v) is 6.64. The van der Waals surface area contributed by atoms with Gasteiger partial charge in [0.15, 0.2) is 5.16 Å². The average molecular weight is 339 g/mol. The number of aromatic nitrogens is 4. The van der Waals surface area contributed by atoms with E-state index in [9.17, 15) is 4.79 Å². The van der Waals surface area contributed by atoms with Crippen molar-refractivity contribution in [1.82, 2.24) is 24.4 Å². The number of benzene rings is 1. The van der Waals surface area contributed by atoms with Crippen molar-refractivity contribution in [3.8, 4) is 11.4 Å². The van der Waals surface area contributed by atoms with Gasteiger partial charge in [-0.3, -0.25) is 4.79 Å². The average Bonchev–Trinajstić information content (AvgIpc) is 3.29. The summed E-state index contributed by atoms with van der Waals surface area (Å²) in [4.78, 5) is 21.1. The van der Waals surface area contributed by atoms with Crippen LogP contribution >= 0.6 is 11.8 Å². The molecule has 0 saturated carbocycles. The van der Waals surface area contributed by atoms with Crippen LogP contribution in [-0.4, -0.2) is 30.8 Å². The van der Waals surface area contributed by atoms with Crippen LogP contribution < -0.4 is 5.32 Å². The van der Waals surface area contributed by atoms with Gasteiger partial charge in [0.05, 0.1) is 12.2 Å². The minimum Gasteiger partial charge on any atom is -0.349 e. The fourth-order valence-electron chi connectivity index (χ4n) is 2.73. The lowest BCUT2D eigenvalue weighted by Crippen LogP contribution is -2.27. The van der Waals surface area contributed by atoms with E-state index in [0.717, 1.165) is 34.5 Å². The van der Waals surface area contributed by atoms with Gasteiger partial charge in [0.25, 0.3) is 0 Å². The monoisotopic (exact) mass is 339 g/mol. The third-order valence-corrected chi connectivity index (χ3v) is 4.85. The van der Waals surface area contributed by atoms with Crippen LogP contribution in [0.25, 0.3) is 11.4 Å². The van der Waals surface area contributed by atoms with E-state index in [1.807, 2.05) is 47.3 Å². The van der Waals surface area contributed by atoms with Crippen molar-refractivity contribution < 1.29 is 4.79 Å². The van der Waals surface area contributed by atoms with Crippen LogP contribution in [0.1, 0.15) is 5.69 Å². The molecular weight excluding hydrogens is 322 g/mol. The Morgan fingerprint density at radius 2 is 2.17 bits per heavy atom. The number of hydrogen-bond acceptors (Lipinski definition) is 4. The Kier molecular flexibility index (Phi) is 4.08. The van der Waals surface area contributed by atoms with Gasteiger partial charge in [-0.1, -0.05) is 42.1 Å². The molecule has 0 radical (unpaired) electrons. The highest BCUT2D eigenvalue weighted by molar-refractivity contribution is 7.99. The smallest absolute Gasteiger partial charge is 0.240 e. The highest BCUT2D eigenvalue weighted by atomic mass is 32.2. The SMILES string of the molecule is O=C(Cn1ccnc1-c1ccccc1)NCc1cn2c(n1)SCC2. The van der Waals surface area contributed by atoms with E-state index in [0.29, 0.717) is 6.54 Å².